The van der Waals surface area contributed by atoms with Gasteiger partial charge in [-0.15, -0.1) is 0 Å². The number of rotatable bonds is 1. The summed E-state index contributed by atoms with van der Waals surface area (Å²) < 4.78 is 1.14. The first-order valence-electron chi connectivity index (χ1n) is 5.59. The molecular weight excluding hydrogens is 260 g/mol. The molecule has 2 aromatic rings. The largest absolute Gasteiger partial charge is 0.0683 e. The van der Waals surface area contributed by atoms with Crippen molar-refractivity contribution in [2.45, 2.75) is 20.8 Å². The second-order valence-corrected chi connectivity index (χ2v) is 4.20. The minimum absolute atomic E-state index is 1.14. The van der Waals surface area contributed by atoms with Crippen LogP contribution in [-0.4, -0.2) is 0 Å². The molecule has 0 aliphatic heterocycles. The lowest BCUT2D eigenvalue weighted by Gasteiger charge is -2.04. The summed E-state index contributed by atoms with van der Waals surface area (Å²) in [6.07, 6.45) is 0. The van der Waals surface area contributed by atoms with Crippen molar-refractivity contribution in [3.05, 3.63) is 58.6 Å². The smallest absolute Gasteiger partial charge is 0.0253 e. The number of hydrogen-bond acceptors (Lipinski definition) is 0. The lowest BCUT2D eigenvalue weighted by molar-refractivity contribution is 1.46. The number of benzene rings is 2. The normalized spacial score (nSPS) is 9.25. The fraction of sp³-hybridized carbons (Fsp3) is 0.200. The van der Waals surface area contributed by atoms with Crippen LogP contribution >= 0.6 is 15.9 Å². The van der Waals surface area contributed by atoms with Crippen LogP contribution in [0, 0.1) is 6.92 Å². The van der Waals surface area contributed by atoms with Crippen molar-refractivity contribution < 1.29 is 0 Å². The molecule has 0 nitrogen and oxygen atoms in total. The van der Waals surface area contributed by atoms with Crippen LogP contribution in [0.25, 0.3) is 11.1 Å². The molecule has 0 N–H and O–H groups in total. The molecule has 0 saturated heterocycles. The van der Waals surface area contributed by atoms with Crippen LogP contribution in [0.15, 0.2) is 53.0 Å². The summed E-state index contributed by atoms with van der Waals surface area (Å²) in [7, 11) is 0. The first-order chi connectivity index (χ1) is 7.77. The van der Waals surface area contributed by atoms with Gasteiger partial charge < -0.3 is 0 Å². The Morgan fingerprint density at radius 2 is 1.56 bits per heavy atom. The Bertz CT molecular complexity index is 447. The Kier molecular flexibility index (Phi) is 5.27. The Morgan fingerprint density at radius 1 is 0.875 bits per heavy atom. The van der Waals surface area contributed by atoms with E-state index >= 15 is 0 Å². The van der Waals surface area contributed by atoms with Gasteiger partial charge in [0.15, 0.2) is 0 Å². The molecule has 2 rings (SSSR count). The molecule has 84 valence electrons. The molecule has 0 radical (unpaired) electrons. The van der Waals surface area contributed by atoms with E-state index in [-0.39, 0.29) is 0 Å². The average Bonchev–Trinajstić information content (AvgIpc) is 2.32. The Morgan fingerprint density at radius 3 is 2.19 bits per heavy atom. The van der Waals surface area contributed by atoms with E-state index in [0.717, 1.165) is 4.47 Å². The van der Waals surface area contributed by atoms with Crippen LogP contribution in [-0.2, 0) is 0 Å². The van der Waals surface area contributed by atoms with Gasteiger partial charge in [0.25, 0.3) is 0 Å². The molecule has 0 aromatic heterocycles. The van der Waals surface area contributed by atoms with Gasteiger partial charge in [0, 0.05) is 4.47 Å². The molecule has 0 fully saturated rings. The third-order valence-corrected chi connectivity index (χ3v) is 2.89. The second kappa shape index (κ2) is 6.49. The fourth-order valence-electron chi connectivity index (χ4n) is 1.51. The summed E-state index contributed by atoms with van der Waals surface area (Å²) in [5, 5.41) is 0. The highest BCUT2D eigenvalue weighted by Gasteiger charge is 2.00. The molecular formula is C15H17Br. The number of aryl methyl sites for hydroxylation is 1. The maximum atomic E-state index is 3.56. The minimum Gasteiger partial charge on any atom is -0.0683 e. The zero-order valence-electron chi connectivity index (χ0n) is 10.00. The van der Waals surface area contributed by atoms with Crippen LogP contribution in [0.2, 0.25) is 0 Å². The lowest BCUT2D eigenvalue weighted by atomic mass is 10.0. The maximum absolute atomic E-state index is 3.56. The van der Waals surface area contributed by atoms with Crippen molar-refractivity contribution >= 4 is 15.9 Å². The van der Waals surface area contributed by atoms with E-state index in [4.69, 9.17) is 0 Å². The van der Waals surface area contributed by atoms with Crippen molar-refractivity contribution in [1.29, 1.82) is 0 Å². The standard InChI is InChI=1S/C13H11Br.C2H6/c1-10-5-4-6-11(9-10)12-7-2-3-8-13(12)14;1-2/h2-9H,1H3;1-2H3. The van der Waals surface area contributed by atoms with E-state index in [9.17, 15) is 0 Å². The van der Waals surface area contributed by atoms with Gasteiger partial charge in [-0.2, -0.15) is 0 Å². The van der Waals surface area contributed by atoms with E-state index in [0.29, 0.717) is 0 Å². The zero-order chi connectivity index (χ0) is 12.0. The predicted octanol–water partition coefficient (Wildman–Crippen LogP) is 5.45. The summed E-state index contributed by atoms with van der Waals surface area (Å²) in [6, 6.07) is 16.8. The Hall–Kier alpha value is -1.08. The van der Waals surface area contributed by atoms with Gasteiger partial charge in [-0.1, -0.05) is 77.8 Å². The van der Waals surface area contributed by atoms with Gasteiger partial charge in [-0.05, 0) is 24.1 Å². The summed E-state index contributed by atoms with van der Waals surface area (Å²) >= 11 is 3.56. The van der Waals surface area contributed by atoms with Crippen molar-refractivity contribution in [2.24, 2.45) is 0 Å². The van der Waals surface area contributed by atoms with Gasteiger partial charge >= 0.3 is 0 Å². The van der Waals surface area contributed by atoms with Gasteiger partial charge in [0.1, 0.15) is 0 Å². The highest BCUT2D eigenvalue weighted by atomic mass is 79.9. The first kappa shape index (κ1) is 13.0. The van der Waals surface area contributed by atoms with Crippen LogP contribution in [0.1, 0.15) is 19.4 Å². The third kappa shape index (κ3) is 3.21. The third-order valence-electron chi connectivity index (χ3n) is 2.20. The van der Waals surface area contributed by atoms with E-state index in [1.165, 1.54) is 16.7 Å². The topological polar surface area (TPSA) is 0 Å². The molecule has 2 aromatic carbocycles. The monoisotopic (exact) mass is 276 g/mol. The van der Waals surface area contributed by atoms with E-state index in [1.54, 1.807) is 0 Å². The molecule has 0 aliphatic rings. The number of halogens is 1. The molecule has 0 aliphatic carbocycles. The molecule has 0 heterocycles. The summed E-state index contributed by atoms with van der Waals surface area (Å²) in [5.74, 6) is 0. The minimum atomic E-state index is 1.14. The molecule has 0 unspecified atom stereocenters. The molecule has 0 spiro atoms. The first-order valence-corrected chi connectivity index (χ1v) is 6.38. The van der Waals surface area contributed by atoms with E-state index < -0.39 is 0 Å². The van der Waals surface area contributed by atoms with Gasteiger partial charge in [-0.25, -0.2) is 0 Å². The SMILES string of the molecule is CC.Cc1cccc(-c2ccccc2Br)c1. The summed E-state index contributed by atoms with van der Waals surface area (Å²) in [5.41, 5.74) is 3.80. The van der Waals surface area contributed by atoms with E-state index in [1.807, 2.05) is 19.9 Å². The highest BCUT2D eigenvalue weighted by Crippen LogP contribution is 2.27. The van der Waals surface area contributed by atoms with E-state index in [2.05, 4.69) is 65.3 Å². The molecule has 0 atom stereocenters. The van der Waals surface area contributed by atoms with Crippen molar-refractivity contribution in [3.8, 4) is 11.1 Å². The Balaban J connectivity index is 0.000000606. The van der Waals surface area contributed by atoms with Crippen LogP contribution in [0.3, 0.4) is 0 Å². The van der Waals surface area contributed by atoms with Crippen molar-refractivity contribution in [1.82, 2.24) is 0 Å². The fourth-order valence-corrected chi connectivity index (χ4v) is 2.02. The quantitative estimate of drug-likeness (QED) is 0.650. The van der Waals surface area contributed by atoms with Gasteiger partial charge in [-0.3, -0.25) is 0 Å². The molecule has 0 bridgehead atoms. The van der Waals surface area contributed by atoms with Crippen LogP contribution < -0.4 is 0 Å². The second-order valence-electron chi connectivity index (χ2n) is 3.35. The summed E-state index contributed by atoms with van der Waals surface area (Å²) in [4.78, 5) is 0. The molecule has 1 heteroatoms. The lowest BCUT2D eigenvalue weighted by Crippen LogP contribution is -1.80. The van der Waals surface area contributed by atoms with Crippen LogP contribution in [0.4, 0.5) is 0 Å². The van der Waals surface area contributed by atoms with Crippen LogP contribution in [0.5, 0.6) is 0 Å². The summed E-state index contributed by atoms with van der Waals surface area (Å²) in [6.45, 7) is 6.11. The Labute approximate surface area is 106 Å². The van der Waals surface area contributed by atoms with Crippen molar-refractivity contribution in [2.75, 3.05) is 0 Å². The van der Waals surface area contributed by atoms with Crippen molar-refractivity contribution in [3.63, 3.8) is 0 Å². The van der Waals surface area contributed by atoms with Gasteiger partial charge in [0.05, 0.1) is 0 Å². The molecule has 16 heavy (non-hydrogen) atoms. The average molecular weight is 277 g/mol. The highest BCUT2D eigenvalue weighted by molar-refractivity contribution is 9.10. The molecule has 0 amide bonds. The predicted molar refractivity (Wildman–Crippen MR) is 75.7 cm³/mol. The maximum Gasteiger partial charge on any atom is 0.0253 e. The van der Waals surface area contributed by atoms with Gasteiger partial charge in [0.2, 0.25) is 0 Å². The zero-order valence-corrected chi connectivity index (χ0v) is 11.6. The number of hydrogen-bond donors (Lipinski definition) is 0. The molecule has 0 saturated carbocycles.